The van der Waals surface area contributed by atoms with E-state index in [2.05, 4.69) is 27.6 Å². The maximum Gasteiger partial charge on any atom is 0.239 e. The van der Waals surface area contributed by atoms with Crippen molar-refractivity contribution in [3.63, 3.8) is 0 Å². The van der Waals surface area contributed by atoms with Crippen LogP contribution in [0.2, 0.25) is 0 Å². The fourth-order valence-electron chi connectivity index (χ4n) is 2.08. The average molecular weight is 237 g/mol. The third-order valence-electron chi connectivity index (χ3n) is 3.13. The van der Waals surface area contributed by atoms with E-state index in [1.54, 1.807) is 6.20 Å². The second-order valence-electron chi connectivity index (χ2n) is 4.29. The van der Waals surface area contributed by atoms with Crippen LogP contribution in [0.1, 0.15) is 19.8 Å². The quantitative estimate of drug-likeness (QED) is 0.535. The van der Waals surface area contributed by atoms with Gasteiger partial charge in [0.1, 0.15) is 5.82 Å². The van der Waals surface area contributed by atoms with E-state index in [-0.39, 0.29) is 0 Å². The molecule has 94 valence electrons. The molecular formula is C11H19N5O. The normalized spacial score (nSPS) is 18.7. The molecule has 0 amide bonds. The molecule has 4 N–H and O–H groups in total. The Kier molecular flexibility index (Phi) is 4.11. The van der Waals surface area contributed by atoms with Crippen molar-refractivity contribution >= 4 is 11.8 Å². The molecule has 0 spiro atoms. The van der Waals surface area contributed by atoms with Crippen LogP contribution in [0.15, 0.2) is 12.3 Å². The van der Waals surface area contributed by atoms with E-state index in [1.165, 1.54) is 0 Å². The van der Waals surface area contributed by atoms with Crippen molar-refractivity contribution < 1.29 is 4.74 Å². The van der Waals surface area contributed by atoms with Gasteiger partial charge in [0, 0.05) is 25.5 Å². The van der Waals surface area contributed by atoms with E-state index >= 15 is 0 Å². The number of nitrogens with zero attached hydrogens (tertiary/aromatic N) is 2. The smallest absolute Gasteiger partial charge is 0.239 e. The molecule has 1 aromatic rings. The van der Waals surface area contributed by atoms with Gasteiger partial charge in [-0.25, -0.2) is 10.8 Å². The first kappa shape index (κ1) is 12.1. The molecule has 1 aromatic heterocycles. The van der Waals surface area contributed by atoms with Crippen LogP contribution in [-0.4, -0.2) is 29.2 Å². The van der Waals surface area contributed by atoms with Crippen LogP contribution >= 0.6 is 0 Å². The number of ether oxygens (including phenoxy) is 1. The van der Waals surface area contributed by atoms with Gasteiger partial charge in [0.15, 0.2) is 0 Å². The summed E-state index contributed by atoms with van der Waals surface area (Å²) in [5.74, 6) is 7.13. The van der Waals surface area contributed by atoms with E-state index in [4.69, 9.17) is 10.6 Å². The van der Waals surface area contributed by atoms with Crippen LogP contribution in [-0.2, 0) is 4.74 Å². The SMILES string of the molecule is CC(Nc1ccnc(NN)n1)C1CCOCC1. The standard InChI is InChI=1S/C11H19N5O/c1-8(9-3-6-17-7-4-9)14-10-2-5-13-11(15-10)16-12/h2,5,8-9H,3-4,6-7,12H2,1H3,(H2,13,14,15,16). The lowest BCUT2D eigenvalue weighted by atomic mass is 9.93. The van der Waals surface area contributed by atoms with Gasteiger partial charge in [-0.05, 0) is 31.7 Å². The summed E-state index contributed by atoms with van der Waals surface area (Å²) >= 11 is 0. The first-order valence-corrected chi connectivity index (χ1v) is 5.93. The highest BCUT2D eigenvalue weighted by Crippen LogP contribution is 2.21. The van der Waals surface area contributed by atoms with Gasteiger partial charge >= 0.3 is 0 Å². The summed E-state index contributed by atoms with van der Waals surface area (Å²) < 4.78 is 5.36. The Morgan fingerprint density at radius 2 is 2.24 bits per heavy atom. The number of rotatable bonds is 4. The van der Waals surface area contributed by atoms with Crippen molar-refractivity contribution in [2.24, 2.45) is 11.8 Å². The van der Waals surface area contributed by atoms with Gasteiger partial charge in [-0.3, -0.25) is 5.43 Å². The van der Waals surface area contributed by atoms with Crippen molar-refractivity contribution in [3.05, 3.63) is 12.3 Å². The molecule has 0 radical (unpaired) electrons. The molecule has 0 aliphatic carbocycles. The Morgan fingerprint density at radius 3 is 2.94 bits per heavy atom. The van der Waals surface area contributed by atoms with Crippen LogP contribution in [0.25, 0.3) is 0 Å². The number of hydrazine groups is 1. The van der Waals surface area contributed by atoms with Crippen molar-refractivity contribution in [1.29, 1.82) is 0 Å². The fourth-order valence-corrected chi connectivity index (χ4v) is 2.08. The lowest BCUT2D eigenvalue weighted by Gasteiger charge is -2.28. The third kappa shape index (κ3) is 3.28. The van der Waals surface area contributed by atoms with Gasteiger partial charge < -0.3 is 10.1 Å². The van der Waals surface area contributed by atoms with E-state index in [0.29, 0.717) is 17.9 Å². The van der Waals surface area contributed by atoms with Gasteiger partial charge in [-0.15, -0.1) is 0 Å². The monoisotopic (exact) mass is 237 g/mol. The van der Waals surface area contributed by atoms with Gasteiger partial charge in [-0.2, -0.15) is 4.98 Å². The minimum absolute atomic E-state index is 0.374. The summed E-state index contributed by atoms with van der Waals surface area (Å²) in [4.78, 5) is 8.21. The number of aromatic nitrogens is 2. The lowest BCUT2D eigenvalue weighted by molar-refractivity contribution is 0.0622. The Hall–Kier alpha value is -1.40. The van der Waals surface area contributed by atoms with Crippen molar-refractivity contribution in [2.45, 2.75) is 25.8 Å². The molecule has 1 atom stereocenters. The molecule has 6 heteroatoms. The summed E-state index contributed by atoms with van der Waals surface area (Å²) in [6, 6.07) is 2.22. The van der Waals surface area contributed by atoms with Gasteiger partial charge in [0.05, 0.1) is 0 Å². The third-order valence-corrected chi connectivity index (χ3v) is 3.13. The second-order valence-corrected chi connectivity index (χ2v) is 4.29. The fraction of sp³-hybridized carbons (Fsp3) is 0.636. The molecule has 1 aliphatic heterocycles. The molecule has 0 bridgehead atoms. The van der Waals surface area contributed by atoms with Crippen molar-refractivity contribution in [3.8, 4) is 0 Å². The van der Waals surface area contributed by atoms with Crippen LogP contribution < -0.4 is 16.6 Å². The predicted molar refractivity (Wildman–Crippen MR) is 66.5 cm³/mol. The minimum Gasteiger partial charge on any atom is -0.381 e. The molecule has 2 heterocycles. The van der Waals surface area contributed by atoms with Crippen molar-refractivity contribution in [1.82, 2.24) is 9.97 Å². The molecule has 1 fully saturated rings. The van der Waals surface area contributed by atoms with Crippen LogP contribution in [0, 0.1) is 5.92 Å². The van der Waals surface area contributed by atoms with E-state index in [1.807, 2.05) is 6.07 Å². The van der Waals surface area contributed by atoms with E-state index < -0.39 is 0 Å². The Balaban J connectivity index is 1.94. The maximum absolute atomic E-state index is 5.36. The highest BCUT2D eigenvalue weighted by Gasteiger charge is 2.20. The maximum atomic E-state index is 5.36. The number of hydrogen-bond acceptors (Lipinski definition) is 6. The Morgan fingerprint density at radius 1 is 1.47 bits per heavy atom. The zero-order chi connectivity index (χ0) is 12.1. The summed E-state index contributed by atoms with van der Waals surface area (Å²) in [5, 5.41) is 3.38. The zero-order valence-corrected chi connectivity index (χ0v) is 10.0. The molecule has 1 aliphatic rings. The van der Waals surface area contributed by atoms with Crippen LogP contribution in [0.3, 0.4) is 0 Å². The first-order chi connectivity index (χ1) is 8.29. The highest BCUT2D eigenvalue weighted by molar-refractivity contribution is 5.39. The number of nitrogens with two attached hydrogens (primary N) is 1. The van der Waals surface area contributed by atoms with Gasteiger partial charge in [-0.1, -0.05) is 0 Å². The molecule has 1 unspecified atom stereocenters. The molecular weight excluding hydrogens is 218 g/mol. The predicted octanol–water partition coefficient (Wildman–Crippen LogP) is 0.989. The summed E-state index contributed by atoms with van der Waals surface area (Å²) in [5.41, 5.74) is 2.44. The summed E-state index contributed by atoms with van der Waals surface area (Å²) in [7, 11) is 0. The molecule has 1 saturated heterocycles. The Labute approximate surface area is 101 Å². The number of nitrogens with one attached hydrogen (secondary N) is 2. The van der Waals surface area contributed by atoms with E-state index in [9.17, 15) is 0 Å². The zero-order valence-electron chi connectivity index (χ0n) is 10.0. The minimum atomic E-state index is 0.374. The first-order valence-electron chi connectivity index (χ1n) is 5.93. The van der Waals surface area contributed by atoms with Gasteiger partial charge in [0.2, 0.25) is 5.95 Å². The molecule has 0 saturated carbocycles. The summed E-state index contributed by atoms with van der Waals surface area (Å²) in [6.45, 7) is 3.89. The van der Waals surface area contributed by atoms with Crippen molar-refractivity contribution in [2.75, 3.05) is 24.0 Å². The van der Waals surface area contributed by atoms with Crippen LogP contribution in [0.5, 0.6) is 0 Å². The van der Waals surface area contributed by atoms with E-state index in [0.717, 1.165) is 31.9 Å². The van der Waals surface area contributed by atoms with Crippen LogP contribution in [0.4, 0.5) is 11.8 Å². The molecule has 2 rings (SSSR count). The number of anilines is 2. The number of nitrogen functional groups attached to an aromatic ring is 1. The highest BCUT2D eigenvalue weighted by atomic mass is 16.5. The number of hydrogen-bond donors (Lipinski definition) is 3. The molecule has 17 heavy (non-hydrogen) atoms. The Bertz CT molecular complexity index is 353. The summed E-state index contributed by atoms with van der Waals surface area (Å²) in [6.07, 6.45) is 3.88. The van der Waals surface area contributed by atoms with Gasteiger partial charge in [0.25, 0.3) is 0 Å². The average Bonchev–Trinajstić information content (AvgIpc) is 2.40. The second kappa shape index (κ2) is 5.79. The molecule has 6 nitrogen and oxygen atoms in total. The topological polar surface area (TPSA) is 85.1 Å². The lowest BCUT2D eigenvalue weighted by Crippen LogP contribution is -2.31. The molecule has 0 aromatic carbocycles. The largest absolute Gasteiger partial charge is 0.381 e.